The van der Waals surface area contributed by atoms with Gasteiger partial charge in [-0.05, 0) is 26.3 Å². The second-order valence-electron chi connectivity index (χ2n) is 4.80. The largest absolute Gasteiger partial charge is 0.313 e. The van der Waals surface area contributed by atoms with Gasteiger partial charge in [0.15, 0.2) is 0 Å². The summed E-state index contributed by atoms with van der Waals surface area (Å²) < 4.78 is 26.7. The van der Waals surface area contributed by atoms with Gasteiger partial charge < -0.3 is 5.32 Å². The Morgan fingerprint density at radius 3 is 3.00 bits per heavy atom. The molecule has 1 saturated heterocycles. The quantitative estimate of drug-likeness (QED) is 0.730. The van der Waals surface area contributed by atoms with E-state index in [1.165, 1.54) is 0 Å². The molecule has 18 heavy (non-hydrogen) atoms. The van der Waals surface area contributed by atoms with Gasteiger partial charge in [-0.1, -0.05) is 6.42 Å². The Morgan fingerprint density at radius 1 is 1.56 bits per heavy atom. The van der Waals surface area contributed by atoms with E-state index in [9.17, 15) is 8.42 Å². The number of aromatic amines is 1. The fraction of sp³-hybridized carbons (Fsp3) is 0.727. The first-order valence-corrected chi connectivity index (χ1v) is 7.94. The lowest BCUT2D eigenvalue weighted by atomic mass is 10.1. The van der Waals surface area contributed by atoms with E-state index in [-0.39, 0.29) is 17.8 Å². The number of hydrogen-bond donors (Lipinski definition) is 3. The summed E-state index contributed by atoms with van der Waals surface area (Å²) in [7, 11) is -3.26. The van der Waals surface area contributed by atoms with Gasteiger partial charge in [-0.2, -0.15) is 5.10 Å². The molecule has 102 valence electrons. The maximum Gasteiger partial charge on any atom is 0.213 e. The highest BCUT2D eigenvalue weighted by Crippen LogP contribution is 2.13. The Bertz CT molecular complexity index is 451. The van der Waals surface area contributed by atoms with E-state index in [0.717, 1.165) is 31.4 Å². The molecule has 2 heterocycles. The van der Waals surface area contributed by atoms with Crippen LogP contribution in [0.2, 0.25) is 0 Å². The van der Waals surface area contributed by atoms with Crippen LogP contribution in [0.3, 0.4) is 0 Å². The molecule has 1 aliphatic rings. The topological polar surface area (TPSA) is 86.9 Å². The number of piperidine rings is 1. The average Bonchev–Trinajstić information content (AvgIpc) is 2.82. The summed E-state index contributed by atoms with van der Waals surface area (Å²) in [6.45, 7) is 2.73. The summed E-state index contributed by atoms with van der Waals surface area (Å²) in [6, 6.07) is -0.176. The lowest BCUT2D eigenvalue weighted by molar-refractivity contribution is 0.421. The molecule has 7 heteroatoms. The van der Waals surface area contributed by atoms with Crippen LogP contribution in [0.5, 0.6) is 0 Å². The summed E-state index contributed by atoms with van der Waals surface area (Å²) in [5.74, 6) is 0.148. The van der Waals surface area contributed by atoms with E-state index in [1.54, 1.807) is 12.4 Å². The minimum atomic E-state index is -3.26. The van der Waals surface area contributed by atoms with Gasteiger partial charge >= 0.3 is 0 Å². The molecule has 0 bridgehead atoms. The van der Waals surface area contributed by atoms with Gasteiger partial charge in [0.25, 0.3) is 0 Å². The van der Waals surface area contributed by atoms with E-state index < -0.39 is 10.0 Å². The van der Waals surface area contributed by atoms with Gasteiger partial charge in [-0.25, -0.2) is 13.1 Å². The number of nitrogens with zero attached hydrogens (tertiary/aromatic N) is 1. The maximum atomic E-state index is 12.0. The molecule has 1 aliphatic heterocycles. The zero-order valence-electron chi connectivity index (χ0n) is 10.5. The monoisotopic (exact) mass is 272 g/mol. The van der Waals surface area contributed by atoms with Crippen LogP contribution in [0, 0.1) is 0 Å². The fourth-order valence-corrected chi connectivity index (χ4v) is 3.80. The SMILES string of the molecule is CC(NS(=O)(=O)CC1CCCCN1)c1cn[nH]c1. The first-order valence-electron chi connectivity index (χ1n) is 6.29. The Morgan fingerprint density at radius 2 is 2.39 bits per heavy atom. The molecule has 0 spiro atoms. The van der Waals surface area contributed by atoms with Crippen molar-refractivity contribution in [1.82, 2.24) is 20.2 Å². The Kier molecular flexibility index (Phi) is 4.36. The third kappa shape index (κ3) is 3.79. The summed E-state index contributed by atoms with van der Waals surface area (Å²) in [5, 5.41) is 9.74. The van der Waals surface area contributed by atoms with Crippen LogP contribution in [-0.4, -0.2) is 37.0 Å². The highest BCUT2D eigenvalue weighted by molar-refractivity contribution is 7.89. The predicted octanol–water partition coefficient (Wildman–Crippen LogP) is 0.532. The molecule has 0 saturated carbocycles. The number of nitrogens with one attached hydrogen (secondary N) is 3. The number of rotatable bonds is 5. The van der Waals surface area contributed by atoms with E-state index >= 15 is 0 Å². The van der Waals surface area contributed by atoms with Crippen LogP contribution in [-0.2, 0) is 10.0 Å². The van der Waals surface area contributed by atoms with Crippen molar-refractivity contribution in [2.75, 3.05) is 12.3 Å². The number of hydrogen-bond acceptors (Lipinski definition) is 4. The van der Waals surface area contributed by atoms with Crippen LogP contribution >= 0.6 is 0 Å². The van der Waals surface area contributed by atoms with Crippen LogP contribution in [0.1, 0.15) is 37.8 Å². The minimum Gasteiger partial charge on any atom is -0.313 e. The van der Waals surface area contributed by atoms with Gasteiger partial charge in [0, 0.05) is 23.8 Å². The second-order valence-corrected chi connectivity index (χ2v) is 6.60. The van der Waals surface area contributed by atoms with Crippen molar-refractivity contribution >= 4 is 10.0 Å². The third-order valence-electron chi connectivity index (χ3n) is 3.21. The number of aromatic nitrogens is 2. The van der Waals surface area contributed by atoms with Crippen molar-refractivity contribution in [3.63, 3.8) is 0 Å². The number of H-pyrrole nitrogens is 1. The lowest BCUT2D eigenvalue weighted by Gasteiger charge is -2.24. The summed E-state index contributed by atoms with van der Waals surface area (Å²) in [4.78, 5) is 0. The molecular formula is C11H20N4O2S. The first-order chi connectivity index (χ1) is 8.57. The molecule has 0 radical (unpaired) electrons. The van der Waals surface area contributed by atoms with E-state index in [0.29, 0.717) is 0 Å². The maximum absolute atomic E-state index is 12.0. The standard InChI is InChI=1S/C11H20N4O2S/c1-9(10-6-13-14-7-10)15-18(16,17)8-11-4-2-3-5-12-11/h6-7,9,11-12,15H,2-5,8H2,1H3,(H,13,14). The lowest BCUT2D eigenvalue weighted by Crippen LogP contribution is -2.43. The third-order valence-corrected chi connectivity index (χ3v) is 4.76. The second kappa shape index (κ2) is 5.81. The van der Waals surface area contributed by atoms with Crippen molar-refractivity contribution < 1.29 is 8.42 Å². The molecule has 2 rings (SSSR count). The molecule has 6 nitrogen and oxygen atoms in total. The predicted molar refractivity (Wildman–Crippen MR) is 69.6 cm³/mol. The summed E-state index contributed by atoms with van der Waals surface area (Å²) in [6.07, 6.45) is 6.50. The molecule has 1 fully saturated rings. The zero-order valence-corrected chi connectivity index (χ0v) is 11.3. The van der Waals surface area contributed by atoms with E-state index in [4.69, 9.17) is 0 Å². The zero-order chi connectivity index (χ0) is 13.0. The van der Waals surface area contributed by atoms with Crippen molar-refractivity contribution in [1.29, 1.82) is 0 Å². The van der Waals surface area contributed by atoms with Crippen LogP contribution in [0.25, 0.3) is 0 Å². The Hall–Kier alpha value is -0.920. The summed E-state index contributed by atoms with van der Waals surface area (Å²) in [5.41, 5.74) is 0.843. The van der Waals surface area contributed by atoms with Gasteiger partial charge in [0.2, 0.25) is 10.0 Å². The molecular weight excluding hydrogens is 252 g/mol. The molecule has 1 aromatic heterocycles. The molecule has 0 amide bonds. The highest BCUT2D eigenvalue weighted by Gasteiger charge is 2.22. The molecule has 0 aromatic carbocycles. The van der Waals surface area contributed by atoms with Gasteiger partial charge in [0.05, 0.1) is 11.9 Å². The van der Waals surface area contributed by atoms with E-state index in [1.807, 2.05) is 6.92 Å². The van der Waals surface area contributed by atoms with E-state index in [2.05, 4.69) is 20.2 Å². The fourth-order valence-electron chi connectivity index (χ4n) is 2.21. The minimum absolute atomic E-state index is 0.0767. The van der Waals surface area contributed by atoms with Gasteiger partial charge in [0.1, 0.15) is 0 Å². The molecule has 2 unspecified atom stereocenters. The van der Waals surface area contributed by atoms with Crippen LogP contribution < -0.4 is 10.0 Å². The highest BCUT2D eigenvalue weighted by atomic mass is 32.2. The van der Waals surface area contributed by atoms with Gasteiger partial charge in [-0.3, -0.25) is 5.10 Å². The Balaban J connectivity index is 1.90. The first kappa shape index (κ1) is 13.5. The van der Waals surface area contributed by atoms with Crippen LogP contribution in [0.4, 0.5) is 0 Å². The molecule has 0 aliphatic carbocycles. The van der Waals surface area contributed by atoms with Crippen molar-refractivity contribution in [3.8, 4) is 0 Å². The average molecular weight is 272 g/mol. The van der Waals surface area contributed by atoms with Crippen molar-refractivity contribution in [2.45, 2.75) is 38.3 Å². The molecule has 1 aromatic rings. The molecule has 3 N–H and O–H groups in total. The smallest absolute Gasteiger partial charge is 0.213 e. The summed E-state index contributed by atoms with van der Waals surface area (Å²) >= 11 is 0. The van der Waals surface area contributed by atoms with Crippen molar-refractivity contribution in [2.24, 2.45) is 0 Å². The number of sulfonamides is 1. The van der Waals surface area contributed by atoms with Crippen molar-refractivity contribution in [3.05, 3.63) is 18.0 Å². The Labute approximate surface area is 108 Å². The van der Waals surface area contributed by atoms with Crippen LogP contribution in [0.15, 0.2) is 12.4 Å². The normalized spacial score (nSPS) is 22.8. The van der Waals surface area contributed by atoms with Gasteiger partial charge in [-0.15, -0.1) is 0 Å². The molecule has 2 atom stereocenters.